The van der Waals surface area contributed by atoms with Gasteiger partial charge in [-0.1, -0.05) is 42.1 Å². The van der Waals surface area contributed by atoms with Crippen molar-refractivity contribution < 1.29 is 13.6 Å². The Hall–Kier alpha value is -0.900. The van der Waals surface area contributed by atoms with E-state index in [1.807, 2.05) is 6.07 Å². The lowest BCUT2D eigenvalue weighted by Gasteiger charge is -2.07. The predicted octanol–water partition coefficient (Wildman–Crippen LogP) is 4.04. The fourth-order valence-electron chi connectivity index (χ4n) is 1.41. The van der Waals surface area contributed by atoms with Gasteiger partial charge in [0.05, 0.1) is 0 Å². The van der Waals surface area contributed by atoms with Gasteiger partial charge >= 0.3 is 0 Å². The van der Waals surface area contributed by atoms with Crippen LogP contribution in [0.5, 0.6) is 0 Å². The fraction of sp³-hybridized carbons (Fsp3) is 0.462. The van der Waals surface area contributed by atoms with Crippen LogP contribution in [0.4, 0.5) is 8.78 Å². The molecule has 0 bridgehead atoms. The number of rotatable bonds is 6. The second-order valence-electron chi connectivity index (χ2n) is 3.90. The molecule has 1 rings (SSSR count). The first-order chi connectivity index (χ1) is 8.09. The molecule has 1 nitrogen and oxygen atoms in total. The van der Waals surface area contributed by atoms with Gasteiger partial charge in [-0.3, -0.25) is 4.79 Å². The molecule has 94 valence electrons. The smallest absolute Gasteiger partial charge is 0.219 e. The summed E-state index contributed by atoms with van der Waals surface area (Å²) < 4.78 is 25.6. The quantitative estimate of drug-likeness (QED) is 0.766. The van der Waals surface area contributed by atoms with Gasteiger partial charge in [0.2, 0.25) is 5.12 Å². The van der Waals surface area contributed by atoms with E-state index in [9.17, 15) is 13.6 Å². The maximum atomic E-state index is 13.1. The maximum Gasteiger partial charge on any atom is 0.219 e. The van der Waals surface area contributed by atoms with Crippen molar-refractivity contribution >= 4 is 16.9 Å². The topological polar surface area (TPSA) is 17.1 Å². The number of carbonyl (C=O) groups excluding carboxylic acids is 1. The zero-order valence-electron chi connectivity index (χ0n) is 9.74. The van der Waals surface area contributed by atoms with Gasteiger partial charge in [0, 0.05) is 17.7 Å². The summed E-state index contributed by atoms with van der Waals surface area (Å²) >= 11 is 1.08. The highest BCUT2D eigenvalue weighted by Crippen LogP contribution is 2.17. The molecule has 1 aromatic rings. The molecule has 1 aromatic carbocycles. The van der Waals surface area contributed by atoms with E-state index in [4.69, 9.17) is 0 Å². The molecule has 0 aromatic heterocycles. The maximum absolute atomic E-state index is 13.1. The number of benzene rings is 1. The van der Waals surface area contributed by atoms with E-state index >= 15 is 0 Å². The fourth-order valence-corrected chi connectivity index (χ4v) is 2.27. The van der Waals surface area contributed by atoms with Crippen molar-refractivity contribution in [1.82, 2.24) is 0 Å². The molecular formula is C13H16F2OS. The van der Waals surface area contributed by atoms with Crippen LogP contribution in [0.2, 0.25) is 0 Å². The third-order valence-corrected chi connectivity index (χ3v) is 3.19. The van der Waals surface area contributed by atoms with Crippen LogP contribution in [0.15, 0.2) is 30.3 Å². The normalized spacial score (nSPS) is 14.3. The van der Waals surface area contributed by atoms with Gasteiger partial charge in [0.25, 0.3) is 0 Å². The highest BCUT2D eigenvalue weighted by molar-refractivity contribution is 8.14. The first-order valence-corrected chi connectivity index (χ1v) is 6.58. The summed E-state index contributed by atoms with van der Waals surface area (Å²) in [6.45, 7) is 1.34. The molecule has 4 heteroatoms. The minimum atomic E-state index is -1.16. The summed E-state index contributed by atoms with van der Waals surface area (Å²) in [6, 6.07) is 8.87. The minimum absolute atomic E-state index is 0.0638. The Morgan fingerprint density at radius 2 is 1.94 bits per heavy atom. The first kappa shape index (κ1) is 14.2. The predicted molar refractivity (Wildman–Crippen MR) is 67.9 cm³/mol. The molecule has 0 saturated heterocycles. The van der Waals surface area contributed by atoms with Gasteiger partial charge in [0.15, 0.2) is 0 Å². The van der Waals surface area contributed by atoms with E-state index in [1.165, 1.54) is 6.92 Å². The van der Waals surface area contributed by atoms with Crippen molar-refractivity contribution in [3.05, 3.63) is 35.9 Å². The second kappa shape index (κ2) is 7.43. The number of carbonyl (C=O) groups is 1. The van der Waals surface area contributed by atoms with E-state index in [0.717, 1.165) is 11.8 Å². The average Bonchev–Trinajstić information content (AvgIpc) is 2.29. The standard InChI is InChI=1S/C13H16F2OS/c1-10(14)9-12(15)7-8-17-13(16)11-5-3-2-4-6-11/h2-6,10,12H,7-9H2,1H3. The van der Waals surface area contributed by atoms with Gasteiger partial charge in [-0.25, -0.2) is 8.78 Å². The summed E-state index contributed by atoms with van der Waals surface area (Å²) in [5.74, 6) is 0.390. The molecule has 0 N–H and O–H groups in total. The third-order valence-electron chi connectivity index (χ3n) is 2.25. The van der Waals surface area contributed by atoms with Crippen LogP contribution in [0.25, 0.3) is 0 Å². The Morgan fingerprint density at radius 3 is 2.53 bits per heavy atom. The number of hydrogen-bond acceptors (Lipinski definition) is 2. The van der Waals surface area contributed by atoms with Crippen molar-refractivity contribution in [1.29, 1.82) is 0 Å². The zero-order valence-corrected chi connectivity index (χ0v) is 10.6. The van der Waals surface area contributed by atoms with Crippen molar-refractivity contribution in [2.75, 3.05) is 5.75 Å². The molecular weight excluding hydrogens is 242 g/mol. The van der Waals surface area contributed by atoms with E-state index < -0.39 is 12.3 Å². The van der Waals surface area contributed by atoms with Crippen LogP contribution in [0.3, 0.4) is 0 Å². The number of thioether (sulfide) groups is 1. The average molecular weight is 258 g/mol. The Morgan fingerprint density at radius 1 is 1.29 bits per heavy atom. The Labute approximate surface area is 105 Å². The van der Waals surface area contributed by atoms with Crippen LogP contribution in [0, 0.1) is 0 Å². The molecule has 0 amide bonds. The van der Waals surface area contributed by atoms with Crippen LogP contribution in [-0.4, -0.2) is 23.2 Å². The number of alkyl halides is 2. The monoisotopic (exact) mass is 258 g/mol. The molecule has 0 fully saturated rings. The summed E-state index contributed by atoms with van der Waals surface area (Å²) in [6.07, 6.45) is -2.15. The Bertz CT molecular complexity index is 341. The van der Waals surface area contributed by atoms with Crippen molar-refractivity contribution in [2.45, 2.75) is 32.1 Å². The molecule has 17 heavy (non-hydrogen) atoms. The largest absolute Gasteiger partial charge is 0.282 e. The summed E-state index contributed by atoms with van der Waals surface area (Å²) in [5.41, 5.74) is 0.617. The van der Waals surface area contributed by atoms with Crippen molar-refractivity contribution in [3.63, 3.8) is 0 Å². The molecule has 2 atom stereocenters. The summed E-state index contributed by atoms with van der Waals surface area (Å²) in [7, 11) is 0. The second-order valence-corrected chi connectivity index (χ2v) is 4.97. The van der Waals surface area contributed by atoms with Crippen LogP contribution >= 0.6 is 11.8 Å². The van der Waals surface area contributed by atoms with Gasteiger partial charge in [-0.05, 0) is 13.3 Å². The van der Waals surface area contributed by atoms with Crippen LogP contribution in [0.1, 0.15) is 30.1 Å². The van der Waals surface area contributed by atoms with E-state index in [1.54, 1.807) is 24.3 Å². The molecule has 0 aliphatic heterocycles. The number of halogens is 2. The molecule has 0 aliphatic carbocycles. The zero-order chi connectivity index (χ0) is 12.7. The van der Waals surface area contributed by atoms with Crippen LogP contribution < -0.4 is 0 Å². The lowest BCUT2D eigenvalue weighted by atomic mass is 10.2. The minimum Gasteiger partial charge on any atom is -0.282 e. The van der Waals surface area contributed by atoms with Crippen molar-refractivity contribution in [3.8, 4) is 0 Å². The van der Waals surface area contributed by atoms with Gasteiger partial charge < -0.3 is 0 Å². The van der Waals surface area contributed by atoms with Crippen molar-refractivity contribution in [2.24, 2.45) is 0 Å². The van der Waals surface area contributed by atoms with E-state index in [0.29, 0.717) is 11.3 Å². The highest BCUT2D eigenvalue weighted by atomic mass is 32.2. The molecule has 0 heterocycles. The SMILES string of the molecule is CC(F)CC(F)CCSC(=O)c1ccccc1. The van der Waals surface area contributed by atoms with Gasteiger partial charge in [-0.15, -0.1) is 0 Å². The van der Waals surface area contributed by atoms with E-state index in [-0.39, 0.29) is 18.0 Å². The lowest BCUT2D eigenvalue weighted by Crippen LogP contribution is -2.09. The van der Waals surface area contributed by atoms with Gasteiger partial charge in [-0.2, -0.15) is 0 Å². The summed E-state index contributed by atoms with van der Waals surface area (Å²) in [5, 5.41) is -0.0638. The first-order valence-electron chi connectivity index (χ1n) is 5.60. The molecule has 0 saturated carbocycles. The lowest BCUT2D eigenvalue weighted by molar-refractivity contribution is 0.108. The summed E-state index contributed by atoms with van der Waals surface area (Å²) in [4.78, 5) is 11.6. The number of hydrogen-bond donors (Lipinski definition) is 0. The van der Waals surface area contributed by atoms with E-state index in [2.05, 4.69) is 0 Å². The molecule has 0 aliphatic rings. The molecule has 0 radical (unpaired) electrons. The molecule has 2 unspecified atom stereocenters. The van der Waals surface area contributed by atoms with Crippen LogP contribution in [-0.2, 0) is 0 Å². The Balaban J connectivity index is 2.25. The highest BCUT2D eigenvalue weighted by Gasteiger charge is 2.12. The van der Waals surface area contributed by atoms with Gasteiger partial charge in [0.1, 0.15) is 12.3 Å². The Kier molecular flexibility index (Phi) is 6.19. The third kappa shape index (κ3) is 5.82. The molecule has 0 spiro atoms.